The summed E-state index contributed by atoms with van der Waals surface area (Å²) in [6.45, 7) is 0.295. The first-order chi connectivity index (χ1) is 9.74. The third-order valence-corrected chi connectivity index (χ3v) is 3.39. The summed E-state index contributed by atoms with van der Waals surface area (Å²) in [4.78, 5) is 16.6. The van der Waals surface area contributed by atoms with Crippen molar-refractivity contribution in [2.24, 2.45) is 5.84 Å². The molecule has 2 aromatic rings. The van der Waals surface area contributed by atoms with Crippen molar-refractivity contribution in [2.45, 2.75) is 11.5 Å². The molecule has 0 aliphatic heterocycles. The number of hydrogen-bond acceptors (Lipinski definition) is 5. The number of hydrazine groups is 1. The van der Waals surface area contributed by atoms with E-state index < -0.39 is 5.91 Å². The normalized spacial score (nSPS) is 10.1. The van der Waals surface area contributed by atoms with Crippen LogP contribution in [0.2, 0.25) is 0 Å². The molecule has 1 aromatic heterocycles. The Morgan fingerprint density at radius 3 is 2.85 bits per heavy atom. The Balaban J connectivity index is 2.09. The van der Waals surface area contributed by atoms with Gasteiger partial charge in [-0.1, -0.05) is 18.2 Å². The predicted molar refractivity (Wildman–Crippen MR) is 78.4 cm³/mol. The number of amides is 1. The molecule has 1 heterocycles. The zero-order valence-electron chi connectivity index (χ0n) is 11.0. The molecule has 20 heavy (non-hydrogen) atoms. The van der Waals surface area contributed by atoms with Crippen molar-refractivity contribution >= 4 is 17.7 Å². The van der Waals surface area contributed by atoms with Crippen LogP contribution in [0.25, 0.3) is 0 Å². The number of ether oxygens (including phenoxy) is 1. The van der Waals surface area contributed by atoms with Crippen molar-refractivity contribution in [2.75, 3.05) is 6.26 Å². The van der Waals surface area contributed by atoms with Gasteiger partial charge in [0.2, 0.25) is 0 Å². The second-order valence-electron chi connectivity index (χ2n) is 3.93. The number of carbonyl (C=O) groups excluding carboxylic acids is 1. The molecule has 0 saturated heterocycles. The van der Waals surface area contributed by atoms with Crippen LogP contribution < -0.4 is 16.0 Å². The van der Waals surface area contributed by atoms with Crippen molar-refractivity contribution in [3.8, 4) is 5.75 Å². The predicted octanol–water partition coefficient (Wildman–Crippen LogP) is 1.99. The largest absolute Gasteiger partial charge is 0.486 e. The molecule has 0 unspecified atom stereocenters. The average molecular weight is 289 g/mol. The minimum Gasteiger partial charge on any atom is -0.486 e. The molecular formula is C14H15N3O2S. The molecule has 0 fully saturated rings. The number of thioether (sulfide) groups is 1. The molecule has 6 heteroatoms. The first kappa shape index (κ1) is 14.4. The molecule has 104 valence electrons. The van der Waals surface area contributed by atoms with Crippen LogP contribution in [0.15, 0.2) is 47.4 Å². The molecule has 0 bridgehead atoms. The Kier molecular flexibility index (Phi) is 4.97. The Labute approximate surface area is 121 Å². The van der Waals surface area contributed by atoms with Crippen molar-refractivity contribution in [3.05, 3.63) is 53.9 Å². The van der Waals surface area contributed by atoms with Crippen LogP contribution in [0.5, 0.6) is 5.75 Å². The van der Waals surface area contributed by atoms with E-state index in [0.29, 0.717) is 12.3 Å². The first-order valence-electron chi connectivity index (χ1n) is 5.97. The number of pyridine rings is 1. The highest BCUT2D eigenvalue weighted by atomic mass is 32.2. The lowest BCUT2D eigenvalue weighted by molar-refractivity contribution is 0.0948. The number of nitrogen functional groups attached to an aromatic ring is 1. The zero-order valence-corrected chi connectivity index (χ0v) is 11.8. The molecule has 5 nitrogen and oxygen atoms in total. The summed E-state index contributed by atoms with van der Waals surface area (Å²) in [5.41, 5.74) is 2.99. The highest BCUT2D eigenvalue weighted by Crippen LogP contribution is 2.27. The van der Waals surface area contributed by atoms with Crippen LogP contribution in [0.4, 0.5) is 0 Å². The Hall–Kier alpha value is -2.05. The fraction of sp³-hybridized carbons (Fsp3) is 0.143. The van der Waals surface area contributed by atoms with E-state index in [2.05, 4.69) is 10.4 Å². The minimum atomic E-state index is -0.420. The zero-order chi connectivity index (χ0) is 14.4. The summed E-state index contributed by atoms with van der Waals surface area (Å²) < 4.78 is 5.74. The van der Waals surface area contributed by atoms with E-state index in [1.165, 1.54) is 0 Å². The summed E-state index contributed by atoms with van der Waals surface area (Å²) in [5, 5.41) is 0. The second-order valence-corrected chi connectivity index (χ2v) is 4.78. The third kappa shape index (κ3) is 3.49. The molecule has 0 atom stereocenters. The molecule has 0 aliphatic rings. The van der Waals surface area contributed by atoms with Gasteiger partial charge in [-0.05, 0) is 30.5 Å². The molecule has 2 rings (SSSR count). The lowest BCUT2D eigenvalue weighted by atomic mass is 10.3. The molecule has 0 radical (unpaired) electrons. The quantitative estimate of drug-likeness (QED) is 0.381. The second kappa shape index (κ2) is 6.93. The molecule has 3 N–H and O–H groups in total. The summed E-state index contributed by atoms with van der Waals surface area (Å²) >= 11 is 1.62. The van der Waals surface area contributed by atoms with Gasteiger partial charge in [-0.3, -0.25) is 10.2 Å². The number of carbonyl (C=O) groups is 1. The van der Waals surface area contributed by atoms with E-state index in [1.807, 2.05) is 30.5 Å². The topological polar surface area (TPSA) is 77.2 Å². The molecule has 0 spiro atoms. The van der Waals surface area contributed by atoms with E-state index in [9.17, 15) is 4.79 Å². The van der Waals surface area contributed by atoms with Crippen LogP contribution in [0.3, 0.4) is 0 Å². The monoisotopic (exact) mass is 289 g/mol. The lowest BCUT2D eigenvalue weighted by Crippen LogP contribution is -2.30. The van der Waals surface area contributed by atoms with Gasteiger partial charge in [0.05, 0.1) is 5.69 Å². The van der Waals surface area contributed by atoms with Crippen molar-refractivity contribution < 1.29 is 9.53 Å². The van der Waals surface area contributed by atoms with Gasteiger partial charge in [-0.2, -0.15) is 0 Å². The Morgan fingerprint density at radius 1 is 1.30 bits per heavy atom. The maximum atomic E-state index is 11.4. The van der Waals surface area contributed by atoms with Gasteiger partial charge in [0, 0.05) is 4.90 Å². The molecular weight excluding hydrogens is 274 g/mol. The Morgan fingerprint density at radius 2 is 2.10 bits per heavy atom. The molecule has 0 saturated carbocycles. The smallest absolute Gasteiger partial charge is 0.283 e. The highest BCUT2D eigenvalue weighted by Gasteiger charge is 2.07. The number of hydrogen-bond donors (Lipinski definition) is 2. The molecule has 1 aromatic carbocycles. The van der Waals surface area contributed by atoms with Gasteiger partial charge in [-0.15, -0.1) is 11.8 Å². The van der Waals surface area contributed by atoms with Crippen LogP contribution in [-0.4, -0.2) is 17.1 Å². The van der Waals surface area contributed by atoms with Crippen molar-refractivity contribution in [1.29, 1.82) is 0 Å². The van der Waals surface area contributed by atoms with Gasteiger partial charge >= 0.3 is 0 Å². The lowest BCUT2D eigenvalue weighted by Gasteiger charge is -2.09. The number of nitrogens with zero attached hydrogens (tertiary/aromatic N) is 1. The van der Waals surface area contributed by atoms with E-state index in [-0.39, 0.29) is 5.69 Å². The number of nitrogens with two attached hydrogens (primary N) is 1. The fourth-order valence-corrected chi connectivity index (χ4v) is 2.19. The maximum Gasteiger partial charge on any atom is 0.283 e. The van der Waals surface area contributed by atoms with Crippen LogP contribution >= 0.6 is 11.8 Å². The number of aromatic nitrogens is 1. The van der Waals surface area contributed by atoms with E-state index in [4.69, 9.17) is 10.6 Å². The summed E-state index contributed by atoms with van der Waals surface area (Å²) in [5.74, 6) is 5.46. The van der Waals surface area contributed by atoms with Crippen LogP contribution in [0, 0.1) is 0 Å². The third-order valence-electron chi connectivity index (χ3n) is 2.62. The molecule has 1 amide bonds. The van der Waals surface area contributed by atoms with Gasteiger partial charge in [0.25, 0.3) is 5.91 Å². The molecule has 0 aliphatic carbocycles. The van der Waals surface area contributed by atoms with Crippen molar-refractivity contribution in [3.63, 3.8) is 0 Å². The summed E-state index contributed by atoms with van der Waals surface area (Å²) in [6.07, 6.45) is 1.99. The van der Waals surface area contributed by atoms with Gasteiger partial charge in [0.15, 0.2) is 0 Å². The Bertz CT molecular complexity index is 604. The van der Waals surface area contributed by atoms with Crippen LogP contribution in [0.1, 0.15) is 16.2 Å². The standard InChI is InChI=1S/C14H15N3O2S/c1-20-13-8-3-2-7-12(13)19-9-10-5-4-6-11(16-10)14(18)17-15/h2-8H,9,15H2,1H3,(H,17,18). The highest BCUT2D eigenvalue weighted by molar-refractivity contribution is 7.98. The van der Waals surface area contributed by atoms with E-state index in [0.717, 1.165) is 10.6 Å². The van der Waals surface area contributed by atoms with Gasteiger partial charge in [0.1, 0.15) is 18.1 Å². The maximum absolute atomic E-state index is 11.4. The number of para-hydroxylation sites is 1. The summed E-state index contributed by atoms with van der Waals surface area (Å²) in [7, 11) is 0. The van der Waals surface area contributed by atoms with Crippen LogP contribution in [-0.2, 0) is 6.61 Å². The van der Waals surface area contributed by atoms with Gasteiger partial charge < -0.3 is 4.74 Å². The minimum absolute atomic E-state index is 0.270. The van der Waals surface area contributed by atoms with E-state index >= 15 is 0 Å². The SMILES string of the molecule is CSc1ccccc1OCc1cccc(C(=O)NN)n1. The van der Waals surface area contributed by atoms with E-state index in [1.54, 1.807) is 30.0 Å². The number of rotatable bonds is 5. The van der Waals surface area contributed by atoms with Gasteiger partial charge in [-0.25, -0.2) is 10.8 Å². The summed E-state index contributed by atoms with van der Waals surface area (Å²) in [6, 6.07) is 12.9. The van der Waals surface area contributed by atoms with Crippen molar-refractivity contribution in [1.82, 2.24) is 10.4 Å². The number of nitrogens with one attached hydrogen (secondary N) is 1. The fourth-order valence-electron chi connectivity index (χ4n) is 1.65. The average Bonchev–Trinajstić information content (AvgIpc) is 2.52. The first-order valence-corrected chi connectivity index (χ1v) is 7.19. The number of benzene rings is 1.